The van der Waals surface area contributed by atoms with Crippen molar-refractivity contribution in [2.75, 3.05) is 80.6 Å². The molecule has 2 aromatic carbocycles. The highest BCUT2D eigenvalue weighted by Crippen LogP contribution is 2.40. The highest BCUT2D eigenvalue weighted by Gasteiger charge is 2.30. The van der Waals surface area contributed by atoms with Crippen LogP contribution in [-0.2, 0) is 9.63 Å². The molecule has 46 heavy (non-hydrogen) atoms. The number of likely N-dealkylation sites (N-methyl/N-ethyl adjacent to an activating group) is 1. The van der Waals surface area contributed by atoms with Gasteiger partial charge >= 0.3 is 0 Å². The van der Waals surface area contributed by atoms with Gasteiger partial charge in [-0.05, 0) is 49.7 Å². The molecule has 0 bridgehead atoms. The number of anilines is 5. The van der Waals surface area contributed by atoms with Crippen LogP contribution in [0.25, 0.3) is 0 Å². The number of ether oxygens (including phenoxy) is 1. The van der Waals surface area contributed by atoms with E-state index in [9.17, 15) is 4.79 Å². The Morgan fingerprint density at radius 2 is 1.87 bits per heavy atom. The van der Waals surface area contributed by atoms with Crippen LogP contribution >= 0.6 is 0 Å². The van der Waals surface area contributed by atoms with Crippen LogP contribution < -0.4 is 25.3 Å². The third kappa shape index (κ3) is 6.94. The molecule has 1 atom stereocenters. The maximum atomic E-state index is 12.5. The van der Waals surface area contributed by atoms with Crippen LogP contribution in [-0.4, -0.2) is 91.7 Å². The van der Waals surface area contributed by atoms with Crippen LogP contribution in [0.3, 0.4) is 0 Å². The summed E-state index contributed by atoms with van der Waals surface area (Å²) in [6, 6.07) is 14.2. The number of benzene rings is 2. The Morgan fingerprint density at radius 3 is 2.61 bits per heavy atom. The van der Waals surface area contributed by atoms with Crippen molar-refractivity contribution in [1.29, 1.82) is 0 Å². The van der Waals surface area contributed by atoms with E-state index < -0.39 is 0 Å². The van der Waals surface area contributed by atoms with E-state index in [1.165, 1.54) is 12.4 Å². The maximum Gasteiger partial charge on any atom is 0.247 e. The van der Waals surface area contributed by atoms with Gasteiger partial charge in [-0.3, -0.25) is 14.5 Å². The Labute approximate surface area is 271 Å². The summed E-state index contributed by atoms with van der Waals surface area (Å²) in [4.78, 5) is 34.9. The van der Waals surface area contributed by atoms with E-state index in [0.717, 1.165) is 75.3 Å². The van der Waals surface area contributed by atoms with Crippen LogP contribution in [0.5, 0.6) is 5.75 Å². The highest BCUT2D eigenvalue weighted by molar-refractivity contribution is 6.02. The minimum atomic E-state index is -0.278. The number of carbonyl (C=O) groups is 1. The van der Waals surface area contributed by atoms with Crippen molar-refractivity contribution in [3.63, 3.8) is 0 Å². The molecule has 0 saturated carbocycles. The fourth-order valence-electron chi connectivity index (χ4n) is 6.55. The highest BCUT2D eigenvalue weighted by atomic mass is 16.7. The van der Waals surface area contributed by atoms with Crippen LogP contribution in [0, 0.1) is 12.3 Å². The average molecular weight is 623 g/mol. The van der Waals surface area contributed by atoms with E-state index in [1.807, 2.05) is 47.5 Å². The summed E-state index contributed by atoms with van der Waals surface area (Å²) >= 11 is 0. The molecule has 240 valence electrons. The lowest BCUT2D eigenvalue weighted by Gasteiger charge is -2.43. The van der Waals surface area contributed by atoms with E-state index in [0.29, 0.717) is 41.4 Å². The second kappa shape index (κ2) is 14.2. The second-order valence-electron chi connectivity index (χ2n) is 11.9. The van der Waals surface area contributed by atoms with Crippen molar-refractivity contribution < 1.29 is 14.4 Å². The zero-order chi connectivity index (χ0) is 32.0. The number of nitrogens with one attached hydrogen (secondary N) is 2. The number of hydroxylamine groups is 1. The second-order valence-corrected chi connectivity index (χ2v) is 11.9. The molecule has 3 aromatic rings. The summed E-state index contributed by atoms with van der Waals surface area (Å²) in [6.45, 7) is 10.5. The third-order valence-electron chi connectivity index (χ3n) is 9.10. The van der Waals surface area contributed by atoms with Crippen molar-refractivity contribution in [2.45, 2.75) is 31.3 Å². The van der Waals surface area contributed by atoms with Crippen molar-refractivity contribution in [1.82, 2.24) is 19.8 Å². The molecule has 0 aliphatic carbocycles. The minimum Gasteiger partial charge on any atom is -0.494 e. The van der Waals surface area contributed by atoms with Crippen LogP contribution in [0.1, 0.15) is 36.4 Å². The van der Waals surface area contributed by atoms with Gasteiger partial charge in [0, 0.05) is 69.4 Å². The van der Waals surface area contributed by atoms with Gasteiger partial charge in [-0.25, -0.2) is 15.0 Å². The van der Waals surface area contributed by atoms with Crippen molar-refractivity contribution in [3.05, 3.63) is 72.6 Å². The molecule has 3 fully saturated rings. The summed E-state index contributed by atoms with van der Waals surface area (Å²) < 4.78 is 5.86. The SMILES string of the molecule is C#Cc1cccc(C2CCON2c2cc(Nc3cc(NC(=O)C=C)c(N4CCC(N5CCN(C)CC5)CC4)cc3OC)ncn2)c1. The molecule has 1 amide bonds. The summed E-state index contributed by atoms with van der Waals surface area (Å²) in [5.74, 6) is 4.23. The molecule has 2 N–H and O–H groups in total. The molecule has 1 unspecified atom stereocenters. The zero-order valence-corrected chi connectivity index (χ0v) is 26.6. The first-order valence-electron chi connectivity index (χ1n) is 15.9. The van der Waals surface area contributed by atoms with Gasteiger partial charge in [0.15, 0.2) is 5.82 Å². The Kier molecular flexibility index (Phi) is 9.68. The Hall–Kier alpha value is -4.63. The first-order chi connectivity index (χ1) is 22.4. The van der Waals surface area contributed by atoms with Crippen molar-refractivity contribution in [3.8, 4) is 18.1 Å². The first-order valence-corrected chi connectivity index (χ1v) is 15.9. The number of nitrogens with zero attached hydrogens (tertiary/aromatic N) is 6. The number of hydrogen-bond donors (Lipinski definition) is 2. The summed E-state index contributed by atoms with van der Waals surface area (Å²) in [6.07, 6.45) is 11.4. The molecular formula is C35H42N8O3. The van der Waals surface area contributed by atoms with Gasteiger partial charge in [0.25, 0.3) is 0 Å². The molecule has 6 rings (SSSR count). The largest absolute Gasteiger partial charge is 0.494 e. The molecule has 3 aliphatic rings. The number of piperazine rings is 1. The fourth-order valence-corrected chi connectivity index (χ4v) is 6.55. The number of carbonyl (C=O) groups excluding carboxylic acids is 1. The van der Waals surface area contributed by atoms with Crippen molar-refractivity contribution >= 4 is 34.6 Å². The normalized spacial score (nSPS) is 19.5. The molecule has 0 spiro atoms. The third-order valence-corrected chi connectivity index (χ3v) is 9.10. The topological polar surface area (TPSA) is 98.3 Å². The average Bonchev–Trinajstić information content (AvgIpc) is 3.59. The molecule has 0 radical (unpaired) electrons. The standard InChI is InChI=1S/C35H42N8O3/c1-5-25-8-7-9-26(20-25)30-12-19-46-43(30)34-23-33(36-24-37-34)38-29-21-28(39-35(44)6-2)31(22-32(29)45-4)42-13-10-27(11-14-42)41-17-15-40(3)16-18-41/h1,6-9,20-24,27,30H,2,10-19H2,3-4H3,(H,39,44)(H,36,37,38). The number of amides is 1. The quantitative estimate of drug-likeness (QED) is 0.264. The lowest BCUT2D eigenvalue weighted by atomic mass is 10.0. The van der Waals surface area contributed by atoms with Gasteiger partial charge in [-0.1, -0.05) is 24.6 Å². The van der Waals surface area contributed by atoms with Gasteiger partial charge in [0.2, 0.25) is 5.91 Å². The molecule has 11 heteroatoms. The number of methoxy groups -OCH3 is 1. The monoisotopic (exact) mass is 622 g/mol. The number of terminal acetylenes is 1. The Morgan fingerprint density at radius 1 is 1.07 bits per heavy atom. The van der Waals surface area contributed by atoms with Gasteiger partial charge in [0.05, 0.1) is 36.8 Å². The number of aromatic nitrogens is 2. The van der Waals surface area contributed by atoms with Gasteiger partial charge in [0.1, 0.15) is 17.9 Å². The van der Waals surface area contributed by atoms with E-state index in [4.69, 9.17) is 16.0 Å². The molecular weight excluding hydrogens is 580 g/mol. The number of hydrogen-bond acceptors (Lipinski definition) is 10. The fraction of sp³-hybridized carbons (Fsp3) is 0.400. The first kappa shape index (κ1) is 31.4. The van der Waals surface area contributed by atoms with E-state index >= 15 is 0 Å². The van der Waals surface area contributed by atoms with Crippen LogP contribution in [0.4, 0.5) is 28.7 Å². The maximum absolute atomic E-state index is 12.5. The molecule has 3 aliphatic heterocycles. The van der Waals surface area contributed by atoms with Gasteiger partial charge < -0.3 is 25.2 Å². The van der Waals surface area contributed by atoms with E-state index in [1.54, 1.807) is 7.11 Å². The number of rotatable bonds is 9. The molecule has 3 saturated heterocycles. The molecule has 1 aromatic heterocycles. The molecule has 4 heterocycles. The van der Waals surface area contributed by atoms with E-state index in [2.05, 4.69) is 54.8 Å². The lowest BCUT2D eigenvalue weighted by Crippen LogP contribution is -2.52. The minimum absolute atomic E-state index is 0.0361. The molecule has 11 nitrogen and oxygen atoms in total. The summed E-state index contributed by atoms with van der Waals surface area (Å²) in [7, 11) is 3.83. The summed E-state index contributed by atoms with van der Waals surface area (Å²) in [5, 5.41) is 8.21. The Bertz CT molecular complexity index is 1590. The predicted molar refractivity (Wildman–Crippen MR) is 182 cm³/mol. The van der Waals surface area contributed by atoms with E-state index in [-0.39, 0.29) is 11.9 Å². The van der Waals surface area contributed by atoms with Crippen LogP contribution in [0.2, 0.25) is 0 Å². The Balaban J connectivity index is 1.22. The summed E-state index contributed by atoms with van der Waals surface area (Å²) in [5.41, 5.74) is 4.14. The number of piperidine rings is 1. The van der Waals surface area contributed by atoms with Gasteiger partial charge in [-0.15, -0.1) is 6.42 Å². The zero-order valence-electron chi connectivity index (χ0n) is 26.6. The predicted octanol–water partition coefficient (Wildman–Crippen LogP) is 4.43. The smallest absolute Gasteiger partial charge is 0.247 e. The van der Waals surface area contributed by atoms with Crippen molar-refractivity contribution in [2.24, 2.45) is 0 Å². The lowest BCUT2D eigenvalue weighted by molar-refractivity contribution is -0.111. The van der Waals surface area contributed by atoms with Gasteiger partial charge in [-0.2, -0.15) is 0 Å². The van der Waals surface area contributed by atoms with Crippen LogP contribution in [0.15, 0.2) is 61.4 Å².